The van der Waals surface area contributed by atoms with Crippen LogP contribution < -0.4 is 0 Å². The molecule has 0 saturated heterocycles. The normalized spacial score (nSPS) is 10.8. The number of carbonyl (C=O) groups excluding carboxylic acids is 1. The number of amides is 1. The summed E-state index contributed by atoms with van der Waals surface area (Å²) in [5.41, 5.74) is 0. The number of carbonyl (C=O) groups is 1. The lowest BCUT2D eigenvalue weighted by Crippen LogP contribution is -2.33. The van der Waals surface area contributed by atoms with E-state index < -0.39 is 0 Å². The Bertz CT molecular complexity index is 181. The van der Waals surface area contributed by atoms with E-state index in [4.69, 9.17) is 0 Å². The molecule has 0 rings (SSSR count). The van der Waals surface area contributed by atoms with Crippen LogP contribution in [0.3, 0.4) is 0 Å². The minimum absolute atomic E-state index is 0.290. The Hall–Kier alpha value is -0.570. The molecule has 96 valence electrons. The third-order valence-corrected chi connectivity index (χ3v) is 2.80. The summed E-state index contributed by atoms with van der Waals surface area (Å²) in [4.78, 5) is 15.6. The van der Waals surface area contributed by atoms with Crippen molar-refractivity contribution in [2.45, 2.75) is 45.4 Å². The van der Waals surface area contributed by atoms with Crippen LogP contribution in [-0.4, -0.2) is 49.9 Å². The zero-order valence-electron chi connectivity index (χ0n) is 11.5. The van der Waals surface area contributed by atoms with Crippen molar-refractivity contribution in [2.24, 2.45) is 0 Å². The summed E-state index contributed by atoms with van der Waals surface area (Å²) in [5, 5.41) is 0. The van der Waals surface area contributed by atoms with Crippen molar-refractivity contribution in [1.29, 1.82) is 0 Å². The Morgan fingerprint density at radius 1 is 0.938 bits per heavy atom. The molecule has 0 radical (unpaired) electrons. The van der Waals surface area contributed by atoms with Crippen LogP contribution >= 0.6 is 0 Å². The summed E-state index contributed by atoms with van der Waals surface area (Å²) >= 11 is 0. The van der Waals surface area contributed by atoms with Crippen molar-refractivity contribution >= 4 is 5.91 Å². The van der Waals surface area contributed by atoms with Crippen LogP contribution in [-0.2, 0) is 4.79 Å². The van der Waals surface area contributed by atoms with Crippen LogP contribution in [0.4, 0.5) is 0 Å². The molecule has 3 heteroatoms. The first-order chi connectivity index (χ1) is 7.57. The third-order valence-electron chi connectivity index (χ3n) is 2.80. The van der Waals surface area contributed by atoms with E-state index in [-0.39, 0.29) is 0 Å². The van der Waals surface area contributed by atoms with Gasteiger partial charge < -0.3 is 9.80 Å². The first kappa shape index (κ1) is 15.4. The van der Waals surface area contributed by atoms with Crippen molar-refractivity contribution in [3.05, 3.63) is 0 Å². The number of hydrogen-bond donors (Lipinski definition) is 0. The Labute approximate surface area is 101 Å². The molecule has 0 aliphatic heterocycles. The van der Waals surface area contributed by atoms with E-state index in [1.165, 1.54) is 25.7 Å². The molecule has 0 saturated carbocycles. The SMILES string of the molecule is CCCCCCCC(=O)N(C)CCN(C)C. The molecule has 0 unspecified atom stereocenters. The van der Waals surface area contributed by atoms with E-state index in [0.717, 1.165) is 19.5 Å². The number of rotatable bonds is 9. The fourth-order valence-electron chi connectivity index (χ4n) is 1.55. The maximum Gasteiger partial charge on any atom is 0.222 e. The van der Waals surface area contributed by atoms with Crippen LogP contribution in [0.1, 0.15) is 45.4 Å². The van der Waals surface area contributed by atoms with Gasteiger partial charge in [0.05, 0.1) is 0 Å². The van der Waals surface area contributed by atoms with Gasteiger partial charge in [-0.1, -0.05) is 32.6 Å². The Morgan fingerprint density at radius 2 is 1.56 bits per heavy atom. The maximum atomic E-state index is 11.7. The number of nitrogens with zero attached hydrogens (tertiary/aromatic N) is 2. The molecule has 0 aromatic rings. The van der Waals surface area contributed by atoms with Gasteiger partial charge in [0.15, 0.2) is 0 Å². The lowest BCUT2D eigenvalue weighted by atomic mass is 10.1. The van der Waals surface area contributed by atoms with Gasteiger partial charge in [-0.3, -0.25) is 4.79 Å². The fourth-order valence-corrected chi connectivity index (χ4v) is 1.55. The first-order valence-corrected chi connectivity index (χ1v) is 6.46. The van der Waals surface area contributed by atoms with Gasteiger partial charge in [-0.25, -0.2) is 0 Å². The standard InChI is InChI=1S/C13H28N2O/c1-5-6-7-8-9-10-13(16)15(4)12-11-14(2)3/h5-12H2,1-4H3. The van der Waals surface area contributed by atoms with Crippen molar-refractivity contribution < 1.29 is 4.79 Å². The highest BCUT2D eigenvalue weighted by atomic mass is 16.2. The van der Waals surface area contributed by atoms with E-state index in [1.54, 1.807) is 0 Å². The third kappa shape index (κ3) is 8.72. The molecular weight excluding hydrogens is 200 g/mol. The topological polar surface area (TPSA) is 23.6 Å². The highest BCUT2D eigenvalue weighted by Crippen LogP contribution is 2.06. The zero-order valence-corrected chi connectivity index (χ0v) is 11.5. The average molecular weight is 228 g/mol. The molecule has 0 heterocycles. The van der Waals surface area contributed by atoms with Crippen LogP contribution in [0, 0.1) is 0 Å². The molecule has 0 aromatic carbocycles. The van der Waals surface area contributed by atoms with Crippen molar-refractivity contribution in [3.63, 3.8) is 0 Å². The monoisotopic (exact) mass is 228 g/mol. The Morgan fingerprint density at radius 3 is 2.12 bits per heavy atom. The molecule has 1 amide bonds. The van der Waals surface area contributed by atoms with Gasteiger partial charge >= 0.3 is 0 Å². The van der Waals surface area contributed by atoms with Gasteiger partial charge in [0.25, 0.3) is 0 Å². The van der Waals surface area contributed by atoms with Gasteiger partial charge in [-0.05, 0) is 20.5 Å². The Kier molecular flexibility index (Phi) is 9.30. The minimum Gasteiger partial charge on any atom is -0.344 e. The summed E-state index contributed by atoms with van der Waals surface area (Å²) in [6.07, 6.45) is 6.78. The predicted molar refractivity (Wildman–Crippen MR) is 69.6 cm³/mol. The van der Waals surface area contributed by atoms with Gasteiger partial charge in [-0.2, -0.15) is 0 Å². The average Bonchev–Trinajstić information content (AvgIpc) is 2.25. The van der Waals surface area contributed by atoms with E-state index in [2.05, 4.69) is 11.8 Å². The molecule has 0 aromatic heterocycles. The van der Waals surface area contributed by atoms with Crippen LogP contribution in [0.25, 0.3) is 0 Å². The molecule has 0 aliphatic carbocycles. The van der Waals surface area contributed by atoms with Crippen LogP contribution in [0.15, 0.2) is 0 Å². The van der Waals surface area contributed by atoms with Crippen LogP contribution in [0.5, 0.6) is 0 Å². The van der Waals surface area contributed by atoms with Gasteiger partial charge in [0, 0.05) is 26.6 Å². The highest BCUT2D eigenvalue weighted by Gasteiger charge is 2.07. The predicted octanol–water partition coefficient (Wildman–Crippen LogP) is 2.37. The van der Waals surface area contributed by atoms with E-state index >= 15 is 0 Å². The quantitative estimate of drug-likeness (QED) is 0.566. The van der Waals surface area contributed by atoms with E-state index in [0.29, 0.717) is 12.3 Å². The fraction of sp³-hybridized carbons (Fsp3) is 0.923. The van der Waals surface area contributed by atoms with Crippen LogP contribution in [0.2, 0.25) is 0 Å². The number of likely N-dealkylation sites (N-methyl/N-ethyl adjacent to an activating group) is 2. The maximum absolute atomic E-state index is 11.7. The van der Waals surface area contributed by atoms with Gasteiger partial charge in [0.1, 0.15) is 0 Å². The summed E-state index contributed by atoms with van der Waals surface area (Å²) in [6.45, 7) is 3.99. The Balaban J connectivity index is 3.47. The van der Waals surface area contributed by atoms with Gasteiger partial charge in [0.2, 0.25) is 5.91 Å². The minimum atomic E-state index is 0.290. The van der Waals surface area contributed by atoms with Crippen molar-refractivity contribution in [3.8, 4) is 0 Å². The lowest BCUT2D eigenvalue weighted by Gasteiger charge is -2.19. The molecule has 16 heavy (non-hydrogen) atoms. The summed E-state index contributed by atoms with van der Waals surface area (Å²) in [7, 11) is 5.96. The first-order valence-electron chi connectivity index (χ1n) is 6.46. The molecule has 0 bridgehead atoms. The number of hydrogen-bond acceptors (Lipinski definition) is 2. The second kappa shape index (κ2) is 9.64. The molecule has 0 N–H and O–H groups in total. The molecular formula is C13H28N2O. The van der Waals surface area contributed by atoms with Crippen molar-refractivity contribution in [2.75, 3.05) is 34.2 Å². The second-order valence-corrected chi connectivity index (χ2v) is 4.78. The van der Waals surface area contributed by atoms with E-state index in [9.17, 15) is 4.79 Å². The molecule has 0 atom stereocenters. The molecule has 0 fully saturated rings. The summed E-state index contributed by atoms with van der Waals surface area (Å²) < 4.78 is 0. The highest BCUT2D eigenvalue weighted by molar-refractivity contribution is 5.75. The number of unbranched alkanes of at least 4 members (excludes halogenated alkanes) is 4. The molecule has 0 aliphatic rings. The van der Waals surface area contributed by atoms with Crippen molar-refractivity contribution in [1.82, 2.24) is 9.80 Å². The largest absolute Gasteiger partial charge is 0.344 e. The molecule has 3 nitrogen and oxygen atoms in total. The molecule has 0 spiro atoms. The van der Waals surface area contributed by atoms with Gasteiger partial charge in [-0.15, -0.1) is 0 Å². The van der Waals surface area contributed by atoms with E-state index in [1.807, 2.05) is 26.0 Å². The lowest BCUT2D eigenvalue weighted by molar-refractivity contribution is -0.130. The summed E-state index contributed by atoms with van der Waals surface area (Å²) in [6, 6.07) is 0. The zero-order chi connectivity index (χ0) is 12.4. The second-order valence-electron chi connectivity index (χ2n) is 4.78. The smallest absolute Gasteiger partial charge is 0.222 e. The summed E-state index contributed by atoms with van der Waals surface area (Å²) in [5.74, 6) is 0.290.